The number of rotatable bonds is 8. The Kier molecular flexibility index (Phi) is 9.14. The number of hydrogen-bond acceptors (Lipinski definition) is 13. The molecule has 0 radical (unpaired) electrons. The molecule has 2 aliphatic heterocycles. The number of hydrogen-bond donors (Lipinski definition) is 4. The summed E-state index contributed by atoms with van der Waals surface area (Å²) in [6.07, 6.45) is -3.56. The molecule has 13 nitrogen and oxygen atoms in total. The van der Waals surface area contributed by atoms with Gasteiger partial charge in [0.05, 0.1) is 38.6 Å². The molecule has 0 bridgehead atoms. The van der Waals surface area contributed by atoms with Crippen LogP contribution in [0.25, 0.3) is 0 Å². The molecule has 5 aliphatic rings. The Morgan fingerprint density at radius 3 is 2.40 bits per heavy atom. The van der Waals surface area contributed by atoms with Crippen LogP contribution in [0.4, 0.5) is 0 Å². The van der Waals surface area contributed by atoms with Crippen LogP contribution in [0.1, 0.15) is 69.7 Å². The summed E-state index contributed by atoms with van der Waals surface area (Å²) in [7, 11) is 2.62. The summed E-state index contributed by atoms with van der Waals surface area (Å²) in [5, 5.41) is 41.9. The van der Waals surface area contributed by atoms with Crippen molar-refractivity contribution in [1.29, 1.82) is 0 Å². The average molecular weight is 673 g/mol. The number of ether oxygens (including phenoxy) is 6. The Hall–Kier alpha value is -3.49. The lowest BCUT2D eigenvalue weighted by Crippen LogP contribution is -2.61. The van der Waals surface area contributed by atoms with E-state index in [1.807, 2.05) is 0 Å². The first-order valence-electron chi connectivity index (χ1n) is 16.4. The first kappa shape index (κ1) is 34.4. The zero-order valence-electron chi connectivity index (χ0n) is 27.8. The second kappa shape index (κ2) is 12.8. The number of esters is 2. The summed E-state index contributed by atoms with van der Waals surface area (Å²) in [6.45, 7) is 5.46. The van der Waals surface area contributed by atoms with Gasteiger partial charge in [-0.3, -0.25) is 4.79 Å². The molecular formula is C35H44O13. The lowest BCUT2D eigenvalue weighted by Gasteiger charge is -2.57. The average Bonchev–Trinajstić information content (AvgIpc) is 3.35. The lowest BCUT2D eigenvalue weighted by molar-refractivity contribution is -0.307. The van der Waals surface area contributed by atoms with Crippen LogP contribution < -0.4 is 9.47 Å². The number of Topliss-reactive ketones (excluding diaryl/α,β-unsaturated/α-hetero) is 1. The molecule has 3 aliphatic carbocycles. The Balaban J connectivity index is 1.24. The molecule has 4 N–H and O–H groups in total. The Morgan fingerprint density at radius 1 is 1.06 bits per heavy atom. The van der Waals surface area contributed by atoms with Crippen molar-refractivity contribution in [2.45, 2.75) is 96.1 Å². The number of aliphatic hydroxyl groups excluding tert-OH is 3. The molecule has 2 fully saturated rings. The quantitative estimate of drug-likeness (QED) is 0.295. The Morgan fingerprint density at radius 2 is 1.75 bits per heavy atom. The van der Waals surface area contributed by atoms with E-state index in [0.29, 0.717) is 24.0 Å². The van der Waals surface area contributed by atoms with Crippen LogP contribution in [-0.2, 0) is 28.5 Å². The van der Waals surface area contributed by atoms with Gasteiger partial charge in [0.25, 0.3) is 0 Å². The molecule has 48 heavy (non-hydrogen) atoms. The highest BCUT2D eigenvalue weighted by atomic mass is 16.7. The number of carbonyl (C=O) groups excluding carboxylic acids is 3. The summed E-state index contributed by atoms with van der Waals surface area (Å²) < 4.78 is 33.8. The standard InChI is InChI=1S/C35H44O13/c1-16-25-20(46-31(16)41)13-19-18(26(25)37)7-8-24-34(2,9-6-10-35(19,24)3)15-45-33-30(29(40)28(39)23(14-36)47-33)48-32(42)17-11-21(43-4)27(38)22(12-17)44-5/h11-12,20,23-24,28-30,33,36,38-40H,6-10,13-15H2,1-5H3. The van der Waals surface area contributed by atoms with E-state index in [4.69, 9.17) is 28.4 Å². The SMILES string of the molecule is COc1cc(C(=O)OC2C(OCC3(C)CCCC4(C)C5=C(CCC34)C(=O)C3=C(C)C(=O)OC3C5)OC(CO)C(O)C2O)cc(OC)c1O. The maximum atomic E-state index is 13.6. The second-order valence-electron chi connectivity index (χ2n) is 14.1. The van der Waals surface area contributed by atoms with E-state index in [-0.39, 0.29) is 46.5 Å². The molecule has 1 aromatic rings. The van der Waals surface area contributed by atoms with Crippen LogP contribution in [0, 0.1) is 16.7 Å². The van der Waals surface area contributed by atoms with Gasteiger partial charge in [-0.05, 0) is 67.1 Å². The molecule has 9 unspecified atom stereocenters. The zero-order chi connectivity index (χ0) is 34.7. The largest absolute Gasteiger partial charge is 0.502 e. The van der Waals surface area contributed by atoms with Gasteiger partial charge in [-0.1, -0.05) is 25.8 Å². The number of fused-ring (bicyclic) bond motifs is 3. The van der Waals surface area contributed by atoms with Gasteiger partial charge < -0.3 is 48.8 Å². The molecule has 0 aromatic heterocycles. The number of ketones is 1. The van der Waals surface area contributed by atoms with Crippen molar-refractivity contribution in [1.82, 2.24) is 0 Å². The number of benzene rings is 1. The predicted molar refractivity (Wildman–Crippen MR) is 166 cm³/mol. The van der Waals surface area contributed by atoms with Gasteiger partial charge in [0, 0.05) is 12.0 Å². The third kappa shape index (κ3) is 5.49. The Labute approximate surface area is 278 Å². The van der Waals surface area contributed by atoms with E-state index in [1.165, 1.54) is 26.4 Å². The normalized spacial score (nSPS) is 36.2. The van der Waals surface area contributed by atoms with Gasteiger partial charge in [-0.2, -0.15) is 0 Å². The fourth-order valence-electron chi connectivity index (χ4n) is 8.80. The molecule has 1 aromatic carbocycles. The van der Waals surface area contributed by atoms with Crippen molar-refractivity contribution in [2.24, 2.45) is 16.7 Å². The highest BCUT2D eigenvalue weighted by molar-refractivity contribution is 6.16. The fraction of sp³-hybridized carbons (Fsp3) is 0.629. The molecule has 1 saturated heterocycles. The molecule has 1 saturated carbocycles. The number of carbonyl (C=O) groups is 3. The summed E-state index contributed by atoms with van der Waals surface area (Å²) >= 11 is 0. The highest BCUT2D eigenvalue weighted by Crippen LogP contribution is 2.62. The zero-order valence-corrected chi connectivity index (χ0v) is 27.8. The third-order valence-corrected chi connectivity index (χ3v) is 11.3. The van der Waals surface area contributed by atoms with Gasteiger partial charge in [-0.15, -0.1) is 0 Å². The summed E-state index contributed by atoms with van der Waals surface area (Å²) in [5.74, 6) is -1.76. The van der Waals surface area contributed by atoms with E-state index in [1.54, 1.807) is 6.92 Å². The number of phenolic OH excluding ortho intramolecular Hbond substituents is 1. The summed E-state index contributed by atoms with van der Waals surface area (Å²) in [4.78, 5) is 39.3. The third-order valence-electron chi connectivity index (χ3n) is 11.3. The second-order valence-corrected chi connectivity index (χ2v) is 14.1. The van der Waals surface area contributed by atoms with Crippen LogP contribution in [0.5, 0.6) is 17.2 Å². The molecule has 0 spiro atoms. The van der Waals surface area contributed by atoms with Gasteiger partial charge >= 0.3 is 11.9 Å². The molecule has 6 rings (SSSR count). The van der Waals surface area contributed by atoms with Crippen LogP contribution in [0.15, 0.2) is 34.4 Å². The van der Waals surface area contributed by atoms with Gasteiger partial charge in [0.1, 0.15) is 24.4 Å². The molecule has 0 amide bonds. The van der Waals surface area contributed by atoms with Crippen LogP contribution in [0.2, 0.25) is 0 Å². The summed E-state index contributed by atoms with van der Waals surface area (Å²) in [5.41, 5.74) is 1.87. The van der Waals surface area contributed by atoms with Crippen LogP contribution >= 0.6 is 0 Å². The minimum Gasteiger partial charge on any atom is -0.502 e. The number of methoxy groups -OCH3 is 2. The van der Waals surface area contributed by atoms with Gasteiger partial charge in [-0.25, -0.2) is 9.59 Å². The topological polar surface area (TPSA) is 188 Å². The van der Waals surface area contributed by atoms with Crippen LogP contribution in [0.3, 0.4) is 0 Å². The number of allylic oxidation sites excluding steroid dienone is 1. The predicted octanol–water partition coefficient (Wildman–Crippen LogP) is 2.51. The minimum absolute atomic E-state index is 0.0397. The van der Waals surface area contributed by atoms with Crippen molar-refractivity contribution in [3.05, 3.63) is 40.0 Å². The highest BCUT2D eigenvalue weighted by Gasteiger charge is 2.57. The van der Waals surface area contributed by atoms with Crippen molar-refractivity contribution >= 4 is 17.7 Å². The monoisotopic (exact) mass is 672 g/mol. The van der Waals surface area contributed by atoms with Crippen molar-refractivity contribution in [3.8, 4) is 17.2 Å². The summed E-state index contributed by atoms with van der Waals surface area (Å²) in [6, 6.07) is 2.50. The van der Waals surface area contributed by atoms with Gasteiger partial charge in [0.15, 0.2) is 29.7 Å². The van der Waals surface area contributed by atoms with Gasteiger partial charge in [0.2, 0.25) is 5.75 Å². The first-order chi connectivity index (χ1) is 22.8. The van der Waals surface area contributed by atoms with E-state index < -0.39 is 60.8 Å². The molecule has 262 valence electrons. The number of aliphatic hydroxyl groups is 3. The molecule has 2 heterocycles. The lowest BCUT2D eigenvalue weighted by atomic mass is 9.48. The van der Waals surface area contributed by atoms with E-state index in [9.17, 15) is 34.8 Å². The van der Waals surface area contributed by atoms with Crippen molar-refractivity contribution in [3.63, 3.8) is 0 Å². The number of phenols is 1. The van der Waals surface area contributed by atoms with Crippen molar-refractivity contribution in [2.75, 3.05) is 27.4 Å². The number of aromatic hydroxyl groups is 1. The maximum Gasteiger partial charge on any atom is 0.338 e. The molecule has 9 atom stereocenters. The van der Waals surface area contributed by atoms with Crippen molar-refractivity contribution < 1.29 is 63.2 Å². The van der Waals surface area contributed by atoms with E-state index in [2.05, 4.69) is 13.8 Å². The van der Waals surface area contributed by atoms with Crippen LogP contribution in [-0.4, -0.2) is 102 Å². The maximum absolute atomic E-state index is 13.6. The first-order valence-corrected chi connectivity index (χ1v) is 16.4. The minimum atomic E-state index is -1.66. The molecule has 13 heteroatoms. The van der Waals surface area contributed by atoms with E-state index >= 15 is 0 Å². The molecular weight excluding hydrogens is 628 g/mol. The van der Waals surface area contributed by atoms with E-state index in [0.717, 1.165) is 36.8 Å². The Bertz CT molecular complexity index is 1540. The smallest absolute Gasteiger partial charge is 0.338 e. The fourth-order valence-corrected chi connectivity index (χ4v) is 8.80.